The molecule has 216 valence electrons. The fourth-order valence-electron chi connectivity index (χ4n) is 7.49. The summed E-state index contributed by atoms with van der Waals surface area (Å²) in [7, 11) is 1.03. The Labute approximate surface area is 238 Å². The van der Waals surface area contributed by atoms with Gasteiger partial charge < -0.3 is 40.1 Å². The summed E-state index contributed by atoms with van der Waals surface area (Å²) >= 11 is 0. The average molecular weight is 575 g/mol. The first-order valence-corrected chi connectivity index (χ1v) is 13.4. The van der Waals surface area contributed by atoms with Gasteiger partial charge in [-0.1, -0.05) is 18.2 Å². The number of carbonyl (C=O) groups excluding carboxylic acids is 3. The van der Waals surface area contributed by atoms with E-state index in [4.69, 9.17) is 9.47 Å². The summed E-state index contributed by atoms with van der Waals surface area (Å²) in [5.41, 5.74) is -3.84. The van der Waals surface area contributed by atoms with E-state index in [1.807, 2.05) is 0 Å². The number of hydrogen-bond acceptors (Lipinski definition) is 11. The number of aromatic hydroxyl groups is 2. The first kappa shape index (κ1) is 26.3. The molecule has 1 saturated carbocycles. The summed E-state index contributed by atoms with van der Waals surface area (Å²) < 4.78 is 11.1. The Bertz CT molecular complexity index is 1780. The number of carbonyl (C=O) groups is 3. The molecule has 0 aromatic heterocycles. The third-order valence-electron chi connectivity index (χ3n) is 9.30. The van der Waals surface area contributed by atoms with Crippen molar-refractivity contribution in [3.63, 3.8) is 0 Å². The summed E-state index contributed by atoms with van der Waals surface area (Å²) in [5.74, 6) is -6.10. The number of benzene rings is 2. The van der Waals surface area contributed by atoms with E-state index < -0.39 is 69.5 Å². The van der Waals surface area contributed by atoms with Gasteiger partial charge in [0, 0.05) is 12.0 Å². The summed E-state index contributed by atoms with van der Waals surface area (Å²) in [5, 5.41) is 67.5. The van der Waals surface area contributed by atoms with Crippen LogP contribution in [-0.4, -0.2) is 67.0 Å². The number of aliphatic hydroxyl groups excluding tert-OH is 4. The standard InChI is InChI=1S/C31H26O11/c1-11-7-14-20(16(33)8-11)25(37)23-24(36)13-5-6-30(23,28(14)39)10-12-9-17(34)21-26(38)22-15(32)3-4-18(35)31(22,29(40)41-2)42-27(21)19(12)13/h5-9,13,18,28,33-35,37-39H,3-4,10H2,1-2H3/t13-,18-,28-,30-,31+/m0/s1. The fraction of sp³-hybridized carbons (Fsp3) is 0.323. The molecule has 11 heteroatoms. The zero-order valence-corrected chi connectivity index (χ0v) is 22.5. The number of allylic oxidation sites excluding steroid dienone is 1. The normalized spacial score (nSPS) is 30.5. The van der Waals surface area contributed by atoms with E-state index in [0.29, 0.717) is 11.1 Å². The van der Waals surface area contributed by atoms with E-state index in [1.54, 1.807) is 19.1 Å². The minimum Gasteiger partial charge on any atom is -0.507 e. The van der Waals surface area contributed by atoms with Gasteiger partial charge in [0.25, 0.3) is 5.60 Å². The van der Waals surface area contributed by atoms with Crippen molar-refractivity contribution in [2.45, 2.75) is 49.9 Å². The first-order valence-electron chi connectivity index (χ1n) is 13.4. The van der Waals surface area contributed by atoms with Gasteiger partial charge in [0.1, 0.15) is 40.4 Å². The number of fused-ring (bicyclic) bond motifs is 3. The van der Waals surface area contributed by atoms with Gasteiger partial charge in [-0.15, -0.1) is 0 Å². The van der Waals surface area contributed by atoms with Crippen molar-refractivity contribution in [3.8, 4) is 17.2 Å². The van der Waals surface area contributed by atoms with Gasteiger partial charge in [0.2, 0.25) is 0 Å². The SMILES string of the molecule is COC(=O)[C@]12Oc3c(c(O)cc4c3[C@@H]3C=C[C@]5(C4)C(=C(O)c4c(O)cc(C)cc4[C@@H]5O)C3=O)C(O)=C1C(=O)CC[C@@H]2O. The summed E-state index contributed by atoms with van der Waals surface area (Å²) in [6.07, 6.45) is -0.415. The van der Waals surface area contributed by atoms with Crippen molar-refractivity contribution < 1.29 is 54.5 Å². The lowest BCUT2D eigenvalue weighted by Gasteiger charge is -2.43. The average Bonchev–Trinajstić information content (AvgIpc) is 3.16. The lowest BCUT2D eigenvalue weighted by Crippen LogP contribution is -2.61. The molecule has 6 N–H and O–H groups in total. The number of ether oxygens (including phenoxy) is 2. The number of esters is 1. The van der Waals surface area contributed by atoms with Crippen LogP contribution in [0.2, 0.25) is 0 Å². The number of phenolic OH excluding ortho intramolecular Hbond substituents is 2. The lowest BCUT2D eigenvalue weighted by molar-refractivity contribution is -0.169. The van der Waals surface area contributed by atoms with E-state index in [-0.39, 0.29) is 58.6 Å². The second-order valence-electron chi connectivity index (χ2n) is 11.5. The molecule has 2 bridgehead atoms. The fourth-order valence-corrected chi connectivity index (χ4v) is 7.49. The molecular weight excluding hydrogens is 548 g/mol. The van der Waals surface area contributed by atoms with E-state index >= 15 is 0 Å². The van der Waals surface area contributed by atoms with Crippen molar-refractivity contribution in [2.24, 2.45) is 5.41 Å². The predicted molar refractivity (Wildman–Crippen MR) is 144 cm³/mol. The van der Waals surface area contributed by atoms with Crippen LogP contribution in [0.3, 0.4) is 0 Å². The molecule has 0 amide bonds. The number of aliphatic hydroxyl groups is 4. The van der Waals surface area contributed by atoms with Gasteiger partial charge in [0.15, 0.2) is 11.6 Å². The zero-order valence-electron chi connectivity index (χ0n) is 22.5. The Hall–Kier alpha value is -4.61. The Morgan fingerprint density at radius 3 is 2.40 bits per heavy atom. The molecule has 5 aliphatic carbocycles. The smallest absolute Gasteiger partial charge is 0.358 e. The number of methoxy groups -OCH3 is 1. The number of Topliss-reactive ketones (excluding diaryl/α,β-unsaturated/α-hetero) is 2. The summed E-state index contributed by atoms with van der Waals surface area (Å²) in [4.78, 5) is 40.4. The number of phenols is 2. The van der Waals surface area contributed by atoms with Crippen molar-refractivity contribution >= 4 is 29.1 Å². The third kappa shape index (κ3) is 2.89. The van der Waals surface area contributed by atoms with E-state index in [2.05, 4.69) is 0 Å². The highest BCUT2D eigenvalue weighted by Gasteiger charge is 2.63. The van der Waals surface area contributed by atoms with Crippen molar-refractivity contribution in [3.05, 3.63) is 74.9 Å². The molecule has 1 spiro atoms. The van der Waals surface area contributed by atoms with Crippen LogP contribution >= 0.6 is 0 Å². The van der Waals surface area contributed by atoms with Gasteiger partial charge in [-0.05, 0) is 48.6 Å². The Kier molecular flexibility index (Phi) is 5.16. The van der Waals surface area contributed by atoms with E-state index in [0.717, 1.165) is 7.11 Å². The quantitative estimate of drug-likeness (QED) is 0.217. The molecule has 8 rings (SSSR count). The molecule has 5 atom stereocenters. The molecule has 2 aromatic rings. The third-order valence-corrected chi connectivity index (χ3v) is 9.30. The van der Waals surface area contributed by atoms with Gasteiger partial charge in [0.05, 0.1) is 41.3 Å². The number of aryl methyl sites for hydroxylation is 1. The number of rotatable bonds is 1. The maximum absolute atomic E-state index is 14.2. The molecule has 0 radical (unpaired) electrons. The maximum Gasteiger partial charge on any atom is 0.358 e. The summed E-state index contributed by atoms with van der Waals surface area (Å²) in [6, 6.07) is 4.30. The molecule has 1 aliphatic heterocycles. The zero-order chi connectivity index (χ0) is 30.0. The van der Waals surface area contributed by atoms with Crippen molar-refractivity contribution in [2.75, 3.05) is 7.11 Å². The van der Waals surface area contributed by atoms with Gasteiger partial charge >= 0.3 is 5.97 Å². The van der Waals surface area contributed by atoms with Gasteiger partial charge in [-0.25, -0.2) is 4.79 Å². The molecule has 0 unspecified atom stereocenters. The second kappa shape index (κ2) is 8.24. The highest BCUT2D eigenvalue weighted by Crippen LogP contribution is 2.62. The van der Waals surface area contributed by atoms with Crippen molar-refractivity contribution in [1.29, 1.82) is 0 Å². The summed E-state index contributed by atoms with van der Waals surface area (Å²) in [6.45, 7) is 1.71. The first-order chi connectivity index (χ1) is 19.9. The van der Waals surface area contributed by atoms with Crippen molar-refractivity contribution in [1.82, 2.24) is 0 Å². The number of ketones is 2. The molecule has 0 saturated heterocycles. The Morgan fingerprint density at radius 1 is 1.00 bits per heavy atom. The minimum atomic E-state index is -2.47. The molecule has 6 aliphatic rings. The van der Waals surface area contributed by atoms with Gasteiger partial charge in [-0.2, -0.15) is 0 Å². The minimum absolute atomic E-state index is 0.0630. The van der Waals surface area contributed by atoms with Crippen LogP contribution in [0.5, 0.6) is 17.2 Å². The van der Waals surface area contributed by atoms with Crippen LogP contribution in [0.25, 0.3) is 11.5 Å². The molecule has 1 heterocycles. The van der Waals surface area contributed by atoms with Crippen LogP contribution in [0.4, 0.5) is 0 Å². The molecule has 1 fully saturated rings. The topological polar surface area (TPSA) is 191 Å². The van der Waals surface area contributed by atoms with Crippen LogP contribution in [0, 0.1) is 12.3 Å². The monoisotopic (exact) mass is 574 g/mol. The molecule has 2 aromatic carbocycles. The maximum atomic E-state index is 14.2. The molecular formula is C31H26O11. The van der Waals surface area contributed by atoms with E-state index in [1.165, 1.54) is 18.2 Å². The highest BCUT2D eigenvalue weighted by molar-refractivity contribution is 6.14. The molecule has 11 nitrogen and oxygen atoms in total. The Balaban J connectivity index is 1.53. The predicted octanol–water partition coefficient (Wildman–Crippen LogP) is 2.48. The largest absolute Gasteiger partial charge is 0.507 e. The van der Waals surface area contributed by atoms with Gasteiger partial charge in [-0.3, -0.25) is 9.59 Å². The van der Waals surface area contributed by atoms with Crippen LogP contribution in [-0.2, 0) is 25.5 Å². The van der Waals surface area contributed by atoms with Crippen LogP contribution in [0.1, 0.15) is 58.2 Å². The lowest BCUT2D eigenvalue weighted by atomic mass is 9.61. The Morgan fingerprint density at radius 2 is 1.69 bits per heavy atom. The van der Waals surface area contributed by atoms with Crippen LogP contribution < -0.4 is 4.74 Å². The van der Waals surface area contributed by atoms with Crippen LogP contribution in [0.15, 0.2) is 41.5 Å². The second-order valence-corrected chi connectivity index (χ2v) is 11.5. The highest BCUT2D eigenvalue weighted by atomic mass is 16.6. The molecule has 42 heavy (non-hydrogen) atoms. The number of hydrogen-bond donors (Lipinski definition) is 6. The van der Waals surface area contributed by atoms with E-state index in [9.17, 15) is 45.0 Å².